The van der Waals surface area contributed by atoms with E-state index in [9.17, 15) is 18.9 Å². The number of non-ortho nitro benzene ring substituents is 1. The second-order valence-electron chi connectivity index (χ2n) is 4.76. The number of fused-ring (bicyclic) bond motifs is 1. The maximum Gasteiger partial charge on any atom is 0.275 e. The fourth-order valence-electron chi connectivity index (χ4n) is 2.09. The molecule has 0 aliphatic rings. The van der Waals surface area contributed by atoms with Crippen molar-refractivity contribution >= 4 is 28.3 Å². The molecule has 25 heavy (non-hydrogen) atoms. The molecule has 2 heterocycles. The Kier molecular flexibility index (Phi) is 4.32. The molecule has 3 rings (SSSR count). The Morgan fingerprint density at radius 3 is 2.48 bits per heavy atom. The van der Waals surface area contributed by atoms with E-state index in [1.807, 2.05) is 0 Å². The zero-order chi connectivity index (χ0) is 18.1. The number of rotatable bonds is 4. The average molecular weight is 368 g/mol. The Balaban J connectivity index is 2.10. The van der Waals surface area contributed by atoms with E-state index in [2.05, 4.69) is 9.97 Å². The number of ether oxygens (including phenoxy) is 2. The summed E-state index contributed by atoms with van der Waals surface area (Å²) in [7, 11) is 1.40. The Hall–Kier alpha value is -3.07. The van der Waals surface area contributed by atoms with Crippen LogP contribution in [-0.2, 0) is 0 Å². The average Bonchev–Trinajstić information content (AvgIpc) is 2.57. The summed E-state index contributed by atoms with van der Waals surface area (Å²) < 4.78 is 38.3. The van der Waals surface area contributed by atoms with Gasteiger partial charge < -0.3 is 9.47 Å². The van der Waals surface area contributed by atoms with Gasteiger partial charge in [-0.2, -0.15) is 0 Å². The third-order valence-electron chi connectivity index (χ3n) is 3.22. The first kappa shape index (κ1) is 16.8. The lowest BCUT2D eigenvalue weighted by Crippen LogP contribution is -1.98. The molecule has 1 aromatic carbocycles. The number of aromatic nitrogens is 2. The van der Waals surface area contributed by atoms with E-state index in [1.54, 1.807) is 0 Å². The van der Waals surface area contributed by atoms with E-state index in [4.69, 9.17) is 21.1 Å². The van der Waals surface area contributed by atoms with Crippen LogP contribution in [0.2, 0.25) is 5.15 Å². The lowest BCUT2D eigenvalue weighted by molar-refractivity contribution is -0.385. The third kappa shape index (κ3) is 3.13. The smallest absolute Gasteiger partial charge is 0.275 e. The standard InChI is InChI=1S/C15H8ClF2N3O4/c1-24-12-6-10-13(20-15(12)16)11(2-3-19-10)25-14-8(17)4-7(21(22)23)5-9(14)18/h2-6H,1H3. The summed E-state index contributed by atoms with van der Waals surface area (Å²) in [6.07, 6.45) is 1.34. The predicted octanol–water partition coefficient (Wildman–Crippen LogP) is 4.27. The van der Waals surface area contributed by atoms with Crippen LogP contribution in [0.15, 0.2) is 30.5 Å². The van der Waals surface area contributed by atoms with E-state index < -0.39 is 28.0 Å². The van der Waals surface area contributed by atoms with Crippen molar-refractivity contribution in [2.45, 2.75) is 0 Å². The summed E-state index contributed by atoms with van der Waals surface area (Å²) in [5.74, 6) is -3.01. The minimum absolute atomic E-state index is 0.0116. The number of methoxy groups -OCH3 is 1. The Labute approximate surface area is 143 Å². The first-order chi connectivity index (χ1) is 11.9. The van der Waals surface area contributed by atoms with E-state index in [1.165, 1.54) is 25.4 Å². The molecule has 0 aliphatic carbocycles. The van der Waals surface area contributed by atoms with E-state index in [0.29, 0.717) is 17.6 Å². The van der Waals surface area contributed by atoms with Crippen LogP contribution in [0, 0.1) is 21.7 Å². The highest BCUT2D eigenvalue weighted by molar-refractivity contribution is 6.31. The summed E-state index contributed by atoms with van der Waals surface area (Å²) in [6, 6.07) is 3.94. The molecular weight excluding hydrogens is 360 g/mol. The number of halogens is 3. The first-order valence-corrected chi connectivity index (χ1v) is 7.09. The molecule has 10 heteroatoms. The van der Waals surface area contributed by atoms with Crippen molar-refractivity contribution in [2.75, 3.05) is 7.11 Å². The van der Waals surface area contributed by atoms with Gasteiger partial charge in [0.2, 0.25) is 0 Å². The molecule has 0 radical (unpaired) electrons. The molecule has 0 N–H and O–H groups in total. The molecule has 0 bridgehead atoms. The third-order valence-corrected chi connectivity index (χ3v) is 3.49. The number of nitrogens with zero attached hydrogens (tertiary/aromatic N) is 3. The summed E-state index contributed by atoms with van der Waals surface area (Å²) in [4.78, 5) is 17.8. The van der Waals surface area contributed by atoms with Gasteiger partial charge in [0.25, 0.3) is 5.69 Å². The molecule has 7 nitrogen and oxygen atoms in total. The Morgan fingerprint density at radius 2 is 1.88 bits per heavy atom. The minimum atomic E-state index is -1.23. The Bertz CT molecular complexity index is 977. The zero-order valence-corrected chi connectivity index (χ0v) is 13.3. The van der Waals surface area contributed by atoms with Gasteiger partial charge >= 0.3 is 0 Å². The second kappa shape index (κ2) is 6.44. The molecule has 0 unspecified atom stereocenters. The molecular formula is C15H8ClF2N3O4. The highest BCUT2D eigenvalue weighted by atomic mass is 35.5. The van der Waals surface area contributed by atoms with Crippen molar-refractivity contribution in [2.24, 2.45) is 0 Å². The number of hydrogen-bond donors (Lipinski definition) is 0. The maximum absolute atomic E-state index is 14.0. The van der Waals surface area contributed by atoms with Gasteiger partial charge in [0, 0.05) is 18.3 Å². The normalized spacial score (nSPS) is 10.7. The van der Waals surface area contributed by atoms with Crippen LogP contribution >= 0.6 is 11.6 Å². The second-order valence-corrected chi connectivity index (χ2v) is 5.11. The minimum Gasteiger partial charge on any atom is -0.493 e. The fourth-order valence-corrected chi connectivity index (χ4v) is 2.31. The van der Waals surface area contributed by atoms with Crippen LogP contribution in [0.1, 0.15) is 0 Å². The van der Waals surface area contributed by atoms with Crippen molar-refractivity contribution in [3.8, 4) is 17.2 Å². The van der Waals surface area contributed by atoms with Gasteiger partial charge in [0.05, 0.1) is 29.7 Å². The lowest BCUT2D eigenvalue weighted by Gasteiger charge is -2.11. The molecule has 0 fully saturated rings. The quantitative estimate of drug-likeness (QED) is 0.389. The van der Waals surface area contributed by atoms with Crippen LogP contribution in [0.3, 0.4) is 0 Å². The van der Waals surface area contributed by atoms with Crippen LogP contribution < -0.4 is 9.47 Å². The monoisotopic (exact) mass is 367 g/mol. The van der Waals surface area contributed by atoms with Gasteiger partial charge in [0.15, 0.2) is 34.0 Å². The number of nitro groups is 1. The van der Waals surface area contributed by atoms with Gasteiger partial charge in [0.1, 0.15) is 5.52 Å². The van der Waals surface area contributed by atoms with Gasteiger partial charge in [-0.25, -0.2) is 13.8 Å². The van der Waals surface area contributed by atoms with Gasteiger partial charge in [-0.1, -0.05) is 11.6 Å². The van der Waals surface area contributed by atoms with Crippen LogP contribution in [0.4, 0.5) is 14.5 Å². The molecule has 0 atom stereocenters. The fraction of sp³-hybridized carbons (Fsp3) is 0.0667. The van der Waals surface area contributed by atoms with Crippen molar-refractivity contribution < 1.29 is 23.2 Å². The van der Waals surface area contributed by atoms with Crippen molar-refractivity contribution in [3.63, 3.8) is 0 Å². The van der Waals surface area contributed by atoms with E-state index in [-0.39, 0.29) is 22.2 Å². The molecule has 0 aliphatic heterocycles. The van der Waals surface area contributed by atoms with Crippen LogP contribution in [0.25, 0.3) is 11.0 Å². The number of pyridine rings is 2. The lowest BCUT2D eigenvalue weighted by atomic mass is 10.2. The highest BCUT2D eigenvalue weighted by Crippen LogP contribution is 2.35. The molecule has 0 amide bonds. The van der Waals surface area contributed by atoms with Crippen molar-refractivity contribution in [1.82, 2.24) is 9.97 Å². The number of benzene rings is 1. The Morgan fingerprint density at radius 1 is 1.20 bits per heavy atom. The molecule has 0 saturated carbocycles. The van der Waals surface area contributed by atoms with E-state index >= 15 is 0 Å². The predicted molar refractivity (Wildman–Crippen MR) is 84.2 cm³/mol. The summed E-state index contributed by atoms with van der Waals surface area (Å²) in [5, 5.41) is 10.6. The van der Waals surface area contributed by atoms with E-state index in [0.717, 1.165) is 0 Å². The topological polar surface area (TPSA) is 87.4 Å². The molecule has 0 spiro atoms. The van der Waals surface area contributed by atoms with Crippen LogP contribution in [-0.4, -0.2) is 22.0 Å². The van der Waals surface area contributed by atoms with Crippen molar-refractivity contribution in [3.05, 3.63) is 57.4 Å². The van der Waals surface area contributed by atoms with Gasteiger partial charge in [-0.15, -0.1) is 0 Å². The number of hydrogen-bond acceptors (Lipinski definition) is 6. The maximum atomic E-state index is 14.0. The SMILES string of the molecule is COc1cc2nccc(Oc3c(F)cc([N+](=O)[O-])cc3F)c2nc1Cl. The summed E-state index contributed by atoms with van der Waals surface area (Å²) in [6.45, 7) is 0. The van der Waals surface area contributed by atoms with Crippen molar-refractivity contribution in [1.29, 1.82) is 0 Å². The van der Waals surface area contributed by atoms with Gasteiger partial charge in [-0.05, 0) is 0 Å². The zero-order valence-electron chi connectivity index (χ0n) is 12.5. The number of nitro benzene ring substituents is 1. The highest BCUT2D eigenvalue weighted by Gasteiger charge is 2.20. The summed E-state index contributed by atoms with van der Waals surface area (Å²) >= 11 is 5.95. The molecule has 0 saturated heterocycles. The molecule has 2 aromatic heterocycles. The molecule has 3 aromatic rings. The molecule has 128 valence electrons. The largest absolute Gasteiger partial charge is 0.493 e. The first-order valence-electron chi connectivity index (χ1n) is 6.71. The summed E-state index contributed by atoms with van der Waals surface area (Å²) in [5.41, 5.74) is -0.264. The van der Waals surface area contributed by atoms with Gasteiger partial charge in [-0.3, -0.25) is 15.1 Å². The van der Waals surface area contributed by atoms with Crippen LogP contribution in [0.5, 0.6) is 17.2 Å².